The van der Waals surface area contributed by atoms with Crippen molar-refractivity contribution in [1.82, 2.24) is 0 Å². The number of hydrogen-bond donors (Lipinski definition) is 2. The van der Waals surface area contributed by atoms with Gasteiger partial charge in [-0.15, -0.1) is 0 Å². The van der Waals surface area contributed by atoms with E-state index in [9.17, 15) is 9.18 Å². The highest BCUT2D eigenvalue weighted by Crippen LogP contribution is 2.24. The molecule has 0 aromatic heterocycles. The third-order valence-corrected chi connectivity index (χ3v) is 3.26. The lowest BCUT2D eigenvalue weighted by Crippen LogP contribution is -2.20. The summed E-state index contributed by atoms with van der Waals surface area (Å²) in [6.45, 7) is -0.277. The molecule has 0 radical (unpaired) electrons. The number of nitrogens with one attached hydrogen (secondary N) is 1. The molecule has 2 aromatic rings. The maximum atomic E-state index is 13.2. The Kier molecular flexibility index (Phi) is 5.03. The van der Waals surface area contributed by atoms with E-state index in [4.69, 9.17) is 22.1 Å². The molecule has 2 aromatic carbocycles. The smallest absolute Gasteiger partial charge is 0.262 e. The molecule has 110 valence electrons. The first-order valence-corrected chi connectivity index (χ1v) is 7.05. The SMILES string of the molecule is Nc1ccc(Cl)c(NC(=O)COc2cc(F)cc(Br)c2)c1. The zero-order chi connectivity index (χ0) is 15.4. The van der Waals surface area contributed by atoms with Gasteiger partial charge < -0.3 is 15.8 Å². The molecule has 0 aliphatic rings. The van der Waals surface area contributed by atoms with Crippen molar-refractivity contribution in [2.75, 3.05) is 17.7 Å². The lowest BCUT2D eigenvalue weighted by atomic mass is 10.3. The van der Waals surface area contributed by atoms with Gasteiger partial charge in [0.05, 0.1) is 10.7 Å². The predicted molar refractivity (Wildman–Crippen MR) is 84.1 cm³/mol. The zero-order valence-corrected chi connectivity index (χ0v) is 13.0. The van der Waals surface area contributed by atoms with Crippen molar-refractivity contribution >= 4 is 44.8 Å². The number of rotatable bonds is 4. The van der Waals surface area contributed by atoms with Crippen molar-refractivity contribution in [3.8, 4) is 5.75 Å². The fourth-order valence-corrected chi connectivity index (χ4v) is 2.19. The van der Waals surface area contributed by atoms with Gasteiger partial charge in [0.15, 0.2) is 6.61 Å². The minimum Gasteiger partial charge on any atom is -0.484 e. The second-order valence-corrected chi connectivity index (χ2v) is 5.50. The van der Waals surface area contributed by atoms with Crippen molar-refractivity contribution in [2.24, 2.45) is 0 Å². The van der Waals surface area contributed by atoms with Gasteiger partial charge >= 0.3 is 0 Å². The molecule has 4 nitrogen and oxygen atoms in total. The van der Waals surface area contributed by atoms with Crippen LogP contribution in [-0.2, 0) is 4.79 Å². The number of hydrogen-bond acceptors (Lipinski definition) is 3. The summed E-state index contributed by atoms with van der Waals surface area (Å²) in [7, 11) is 0. The first-order valence-electron chi connectivity index (χ1n) is 5.88. The van der Waals surface area contributed by atoms with E-state index >= 15 is 0 Å². The molecule has 0 fully saturated rings. The zero-order valence-electron chi connectivity index (χ0n) is 10.7. The van der Waals surface area contributed by atoms with Gasteiger partial charge in [-0.3, -0.25) is 4.79 Å². The summed E-state index contributed by atoms with van der Waals surface area (Å²) >= 11 is 9.07. The maximum Gasteiger partial charge on any atom is 0.262 e. The number of ether oxygens (including phenoxy) is 1. The van der Waals surface area contributed by atoms with Gasteiger partial charge in [0.25, 0.3) is 5.91 Å². The predicted octanol–water partition coefficient (Wildman–Crippen LogP) is 3.84. The molecule has 2 rings (SSSR count). The molecular weight excluding hydrogens is 363 g/mol. The Morgan fingerprint density at radius 3 is 2.81 bits per heavy atom. The van der Waals surface area contributed by atoms with E-state index in [-0.39, 0.29) is 12.4 Å². The molecule has 0 unspecified atom stereocenters. The normalized spacial score (nSPS) is 10.2. The van der Waals surface area contributed by atoms with Gasteiger partial charge in [0.1, 0.15) is 11.6 Å². The molecule has 0 saturated heterocycles. The van der Waals surface area contributed by atoms with E-state index in [0.717, 1.165) is 0 Å². The number of anilines is 2. The molecule has 21 heavy (non-hydrogen) atoms. The van der Waals surface area contributed by atoms with E-state index in [1.807, 2.05) is 0 Å². The van der Waals surface area contributed by atoms with Crippen LogP contribution in [0, 0.1) is 5.82 Å². The van der Waals surface area contributed by atoms with Crippen LogP contribution in [0.25, 0.3) is 0 Å². The van der Waals surface area contributed by atoms with Gasteiger partial charge in [-0.05, 0) is 30.3 Å². The highest BCUT2D eigenvalue weighted by molar-refractivity contribution is 9.10. The molecule has 1 amide bonds. The van der Waals surface area contributed by atoms with Gasteiger partial charge in [0, 0.05) is 16.2 Å². The number of carbonyl (C=O) groups excluding carboxylic acids is 1. The fourth-order valence-electron chi connectivity index (χ4n) is 1.59. The van der Waals surface area contributed by atoms with Crippen molar-refractivity contribution in [2.45, 2.75) is 0 Å². The summed E-state index contributed by atoms with van der Waals surface area (Å²) < 4.78 is 18.9. The fraction of sp³-hybridized carbons (Fsp3) is 0.0714. The van der Waals surface area contributed by atoms with E-state index in [1.54, 1.807) is 24.3 Å². The molecule has 0 saturated carbocycles. The second kappa shape index (κ2) is 6.78. The first-order chi connectivity index (χ1) is 9.94. The average molecular weight is 374 g/mol. The number of nitrogens with two attached hydrogens (primary N) is 1. The topological polar surface area (TPSA) is 64.3 Å². The number of halogens is 3. The van der Waals surface area contributed by atoms with E-state index < -0.39 is 11.7 Å². The van der Waals surface area contributed by atoms with Crippen LogP contribution in [0.3, 0.4) is 0 Å². The summed E-state index contributed by atoms with van der Waals surface area (Å²) in [5.74, 6) is -0.641. The summed E-state index contributed by atoms with van der Waals surface area (Å²) in [6, 6.07) is 8.78. The van der Waals surface area contributed by atoms with E-state index in [1.165, 1.54) is 12.1 Å². The molecule has 0 atom stereocenters. The Hall–Kier alpha value is -1.79. The van der Waals surface area contributed by atoms with Crippen LogP contribution in [-0.4, -0.2) is 12.5 Å². The standard InChI is InChI=1S/C14H11BrClFN2O2/c15-8-3-9(17)5-11(4-8)21-7-14(20)19-13-6-10(18)1-2-12(13)16/h1-6H,7,18H2,(H,19,20). The monoisotopic (exact) mass is 372 g/mol. The molecule has 7 heteroatoms. The van der Waals surface area contributed by atoms with Crippen LogP contribution in [0.4, 0.5) is 15.8 Å². The molecular formula is C14H11BrClFN2O2. The lowest BCUT2D eigenvalue weighted by molar-refractivity contribution is -0.118. The van der Waals surface area contributed by atoms with Crippen LogP contribution in [0.15, 0.2) is 40.9 Å². The molecule has 0 bridgehead atoms. The minimum absolute atomic E-state index is 0.246. The van der Waals surface area contributed by atoms with Crippen LogP contribution < -0.4 is 15.8 Å². The Bertz CT molecular complexity index is 662. The number of benzene rings is 2. The number of carbonyl (C=O) groups is 1. The Morgan fingerprint density at radius 1 is 1.33 bits per heavy atom. The lowest BCUT2D eigenvalue weighted by Gasteiger charge is -2.09. The highest BCUT2D eigenvalue weighted by Gasteiger charge is 2.08. The number of amides is 1. The van der Waals surface area contributed by atoms with Crippen molar-refractivity contribution in [3.05, 3.63) is 51.7 Å². The maximum absolute atomic E-state index is 13.2. The van der Waals surface area contributed by atoms with Gasteiger partial charge in [-0.2, -0.15) is 0 Å². The summed E-state index contributed by atoms with van der Waals surface area (Å²) in [4.78, 5) is 11.8. The molecule has 0 spiro atoms. The second-order valence-electron chi connectivity index (χ2n) is 4.18. The van der Waals surface area contributed by atoms with E-state index in [2.05, 4.69) is 21.2 Å². The largest absolute Gasteiger partial charge is 0.484 e. The molecule has 0 heterocycles. The Labute approximate surface area is 134 Å². The quantitative estimate of drug-likeness (QED) is 0.800. The Morgan fingerprint density at radius 2 is 2.10 bits per heavy atom. The van der Waals surface area contributed by atoms with Crippen molar-refractivity contribution in [1.29, 1.82) is 0 Å². The van der Waals surface area contributed by atoms with E-state index in [0.29, 0.717) is 20.9 Å². The van der Waals surface area contributed by atoms with Gasteiger partial charge in [-0.1, -0.05) is 27.5 Å². The third-order valence-electron chi connectivity index (χ3n) is 2.47. The molecule has 0 aliphatic carbocycles. The van der Waals surface area contributed by atoms with Crippen molar-refractivity contribution < 1.29 is 13.9 Å². The number of nitrogen functional groups attached to an aromatic ring is 1. The average Bonchev–Trinajstić information content (AvgIpc) is 2.40. The van der Waals surface area contributed by atoms with Gasteiger partial charge in [-0.25, -0.2) is 4.39 Å². The molecule has 0 aliphatic heterocycles. The summed E-state index contributed by atoms with van der Waals surface area (Å²) in [5, 5.41) is 2.94. The summed E-state index contributed by atoms with van der Waals surface area (Å²) in [6.07, 6.45) is 0. The summed E-state index contributed by atoms with van der Waals surface area (Å²) in [5.41, 5.74) is 6.48. The minimum atomic E-state index is -0.460. The van der Waals surface area contributed by atoms with Gasteiger partial charge in [0.2, 0.25) is 0 Å². The Balaban J connectivity index is 1.97. The van der Waals surface area contributed by atoms with Crippen LogP contribution in [0.2, 0.25) is 5.02 Å². The third kappa shape index (κ3) is 4.61. The molecule has 3 N–H and O–H groups in total. The highest BCUT2D eigenvalue weighted by atomic mass is 79.9. The van der Waals surface area contributed by atoms with Crippen LogP contribution in [0.1, 0.15) is 0 Å². The van der Waals surface area contributed by atoms with Crippen LogP contribution >= 0.6 is 27.5 Å². The van der Waals surface area contributed by atoms with Crippen LogP contribution in [0.5, 0.6) is 5.75 Å². The first kappa shape index (κ1) is 15.6. The van der Waals surface area contributed by atoms with Crippen molar-refractivity contribution in [3.63, 3.8) is 0 Å².